The molecule has 0 spiro atoms. The highest BCUT2D eigenvalue weighted by Crippen LogP contribution is 2.30. The van der Waals surface area contributed by atoms with Crippen LogP contribution in [0.4, 0.5) is 11.4 Å². The SMILES string of the molecule is CC(C)Nc1ccc(-c2cc(C(=O)Nc3ccc(C(C)(C)N)cc3)no2)cc1Cl. The number of rotatable bonds is 6. The van der Waals surface area contributed by atoms with E-state index in [4.69, 9.17) is 21.9 Å². The van der Waals surface area contributed by atoms with Crippen LogP contribution in [0.25, 0.3) is 11.3 Å². The Morgan fingerprint density at radius 3 is 2.41 bits per heavy atom. The summed E-state index contributed by atoms with van der Waals surface area (Å²) in [5.74, 6) is 0.109. The molecule has 0 saturated heterocycles. The molecule has 1 aromatic heterocycles. The van der Waals surface area contributed by atoms with Gasteiger partial charge in [-0.25, -0.2) is 0 Å². The topological polar surface area (TPSA) is 93.2 Å². The smallest absolute Gasteiger partial charge is 0.277 e. The molecule has 3 aromatic rings. The van der Waals surface area contributed by atoms with E-state index >= 15 is 0 Å². The van der Waals surface area contributed by atoms with Crippen molar-refractivity contribution in [3.63, 3.8) is 0 Å². The van der Waals surface area contributed by atoms with Crippen LogP contribution < -0.4 is 16.4 Å². The van der Waals surface area contributed by atoms with Crippen LogP contribution >= 0.6 is 11.6 Å². The number of aromatic nitrogens is 1. The Hall–Kier alpha value is -2.83. The Kier molecular flexibility index (Phi) is 5.96. The van der Waals surface area contributed by atoms with Crippen molar-refractivity contribution in [2.75, 3.05) is 10.6 Å². The standard InChI is InChI=1S/C22H25ClN4O2/c1-13(2)25-18-10-5-14(11-17(18)23)20-12-19(27-29-20)21(28)26-16-8-6-15(7-9-16)22(3,4)24/h5-13,25H,24H2,1-4H3,(H,26,28). The number of carbonyl (C=O) groups excluding carboxylic acids is 1. The normalized spacial score (nSPS) is 11.6. The maximum Gasteiger partial charge on any atom is 0.277 e. The van der Waals surface area contributed by atoms with Crippen LogP contribution in [-0.2, 0) is 5.54 Å². The summed E-state index contributed by atoms with van der Waals surface area (Å²) < 4.78 is 5.34. The molecular weight excluding hydrogens is 388 g/mol. The minimum Gasteiger partial charge on any atom is -0.382 e. The van der Waals surface area contributed by atoms with Gasteiger partial charge < -0.3 is 20.9 Å². The van der Waals surface area contributed by atoms with Crippen molar-refractivity contribution >= 4 is 28.9 Å². The van der Waals surface area contributed by atoms with E-state index in [9.17, 15) is 4.79 Å². The Bertz CT molecular complexity index is 1000. The molecule has 29 heavy (non-hydrogen) atoms. The van der Waals surface area contributed by atoms with Crippen LogP contribution in [0.2, 0.25) is 5.02 Å². The average Bonchev–Trinajstić information content (AvgIpc) is 3.13. The second kappa shape index (κ2) is 8.27. The molecule has 0 atom stereocenters. The van der Waals surface area contributed by atoms with Crippen molar-refractivity contribution < 1.29 is 9.32 Å². The van der Waals surface area contributed by atoms with Crippen molar-refractivity contribution in [3.05, 3.63) is 64.8 Å². The Morgan fingerprint density at radius 1 is 1.14 bits per heavy atom. The van der Waals surface area contributed by atoms with Gasteiger partial charge in [0.15, 0.2) is 11.5 Å². The van der Waals surface area contributed by atoms with Gasteiger partial charge in [-0.05, 0) is 63.6 Å². The lowest BCUT2D eigenvalue weighted by atomic mass is 9.96. The number of halogens is 1. The molecule has 7 heteroatoms. The van der Waals surface area contributed by atoms with Gasteiger partial charge in [-0.3, -0.25) is 4.79 Å². The van der Waals surface area contributed by atoms with Crippen molar-refractivity contribution in [1.29, 1.82) is 0 Å². The number of anilines is 2. The third kappa shape index (κ3) is 5.16. The second-order valence-corrected chi connectivity index (χ2v) is 8.23. The van der Waals surface area contributed by atoms with E-state index in [0.29, 0.717) is 16.5 Å². The number of nitrogens with zero attached hydrogens (tertiary/aromatic N) is 1. The molecule has 2 aromatic carbocycles. The average molecular weight is 413 g/mol. The summed E-state index contributed by atoms with van der Waals surface area (Å²) in [7, 11) is 0. The maximum absolute atomic E-state index is 12.5. The minimum absolute atomic E-state index is 0.184. The summed E-state index contributed by atoms with van der Waals surface area (Å²) in [6.45, 7) is 7.93. The molecule has 0 radical (unpaired) electrons. The number of carbonyl (C=O) groups is 1. The summed E-state index contributed by atoms with van der Waals surface area (Å²) in [6.07, 6.45) is 0. The summed E-state index contributed by atoms with van der Waals surface area (Å²) >= 11 is 6.33. The zero-order chi connectivity index (χ0) is 21.2. The van der Waals surface area contributed by atoms with Crippen LogP contribution in [0.1, 0.15) is 43.7 Å². The van der Waals surface area contributed by atoms with E-state index in [-0.39, 0.29) is 17.6 Å². The van der Waals surface area contributed by atoms with Gasteiger partial charge in [0.05, 0.1) is 10.7 Å². The van der Waals surface area contributed by atoms with E-state index in [0.717, 1.165) is 16.8 Å². The summed E-state index contributed by atoms with van der Waals surface area (Å²) in [5.41, 5.74) is 9.03. The van der Waals surface area contributed by atoms with Gasteiger partial charge >= 0.3 is 0 Å². The van der Waals surface area contributed by atoms with Gasteiger partial charge in [0.2, 0.25) is 0 Å². The van der Waals surface area contributed by atoms with Crippen molar-refractivity contribution in [2.45, 2.75) is 39.3 Å². The zero-order valence-electron chi connectivity index (χ0n) is 16.9. The number of hydrogen-bond donors (Lipinski definition) is 3. The summed E-state index contributed by atoms with van der Waals surface area (Å²) in [4.78, 5) is 12.5. The number of benzene rings is 2. The van der Waals surface area contributed by atoms with E-state index in [1.165, 1.54) is 0 Å². The molecule has 152 valence electrons. The van der Waals surface area contributed by atoms with Crippen LogP contribution in [0, 0.1) is 0 Å². The fourth-order valence-corrected chi connectivity index (χ4v) is 3.03. The van der Waals surface area contributed by atoms with Crippen LogP contribution in [-0.4, -0.2) is 17.1 Å². The minimum atomic E-state index is -0.439. The lowest BCUT2D eigenvalue weighted by Crippen LogP contribution is -2.28. The second-order valence-electron chi connectivity index (χ2n) is 7.82. The molecule has 1 heterocycles. The molecule has 0 bridgehead atoms. The molecule has 6 nitrogen and oxygen atoms in total. The van der Waals surface area contributed by atoms with Gasteiger partial charge in [-0.15, -0.1) is 0 Å². The van der Waals surface area contributed by atoms with E-state index < -0.39 is 5.54 Å². The quantitative estimate of drug-likeness (QED) is 0.513. The van der Waals surface area contributed by atoms with Crippen molar-refractivity contribution in [1.82, 2.24) is 5.16 Å². The fourth-order valence-electron chi connectivity index (χ4n) is 2.79. The molecule has 0 unspecified atom stereocenters. The molecule has 0 aliphatic rings. The molecule has 3 rings (SSSR count). The molecular formula is C22H25ClN4O2. The first-order valence-electron chi connectivity index (χ1n) is 9.37. The van der Waals surface area contributed by atoms with Crippen molar-refractivity contribution in [3.8, 4) is 11.3 Å². The van der Waals surface area contributed by atoms with Crippen LogP contribution in [0.3, 0.4) is 0 Å². The Morgan fingerprint density at radius 2 is 1.83 bits per heavy atom. The summed E-state index contributed by atoms with van der Waals surface area (Å²) in [6, 6.07) is 14.8. The Balaban J connectivity index is 1.72. The summed E-state index contributed by atoms with van der Waals surface area (Å²) in [5, 5.41) is 10.5. The third-order valence-corrected chi connectivity index (χ3v) is 4.64. The number of amides is 1. The van der Waals surface area contributed by atoms with Crippen LogP contribution in [0.5, 0.6) is 0 Å². The van der Waals surface area contributed by atoms with Gasteiger partial charge in [0.25, 0.3) is 5.91 Å². The molecule has 0 aliphatic carbocycles. The first kappa shape index (κ1) is 20.9. The van der Waals surface area contributed by atoms with Crippen molar-refractivity contribution in [2.24, 2.45) is 5.73 Å². The molecule has 4 N–H and O–H groups in total. The zero-order valence-corrected chi connectivity index (χ0v) is 17.7. The highest BCUT2D eigenvalue weighted by atomic mass is 35.5. The largest absolute Gasteiger partial charge is 0.382 e. The van der Waals surface area contributed by atoms with Gasteiger partial charge in [-0.2, -0.15) is 0 Å². The first-order chi connectivity index (χ1) is 13.6. The maximum atomic E-state index is 12.5. The molecule has 1 amide bonds. The lowest BCUT2D eigenvalue weighted by Gasteiger charge is -2.19. The van der Waals surface area contributed by atoms with E-state index in [1.54, 1.807) is 12.1 Å². The van der Waals surface area contributed by atoms with Gasteiger partial charge in [-0.1, -0.05) is 28.9 Å². The molecule has 0 saturated carbocycles. The Labute approximate surface area is 175 Å². The highest BCUT2D eigenvalue weighted by molar-refractivity contribution is 6.33. The lowest BCUT2D eigenvalue weighted by molar-refractivity contribution is 0.101. The van der Waals surface area contributed by atoms with Gasteiger partial charge in [0.1, 0.15) is 0 Å². The van der Waals surface area contributed by atoms with Gasteiger partial charge in [0, 0.05) is 28.9 Å². The monoisotopic (exact) mass is 412 g/mol. The number of nitrogens with one attached hydrogen (secondary N) is 2. The highest BCUT2D eigenvalue weighted by Gasteiger charge is 2.17. The third-order valence-electron chi connectivity index (χ3n) is 4.33. The first-order valence-corrected chi connectivity index (χ1v) is 9.75. The van der Waals surface area contributed by atoms with Crippen LogP contribution in [0.15, 0.2) is 53.1 Å². The predicted octanol–water partition coefficient (Wildman–Crippen LogP) is 5.26. The van der Waals surface area contributed by atoms with E-state index in [1.807, 2.05) is 64.1 Å². The van der Waals surface area contributed by atoms with E-state index in [2.05, 4.69) is 15.8 Å². The number of hydrogen-bond acceptors (Lipinski definition) is 5. The fraction of sp³-hybridized carbons (Fsp3) is 0.273. The number of nitrogens with two attached hydrogens (primary N) is 1. The molecule has 0 aliphatic heterocycles. The predicted molar refractivity (Wildman–Crippen MR) is 117 cm³/mol. The molecule has 0 fully saturated rings.